The normalized spacial score (nSPS) is 12.7. The number of fused-ring (bicyclic) bond motifs is 11. The predicted octanol–water partition coefficient (Wildman–Crippen LogP) is 20.5. The minimum atomic E-state index is -0.694. The monoisotopic (exact) mass is 992 g/mol. The van der Waals surface area contributed by atoms with Crippen molar-refractivity contribution < 1.29 is 4.42 Å². The van der Waals surface area contributed by atoms with Gasteiger partial charge in [-0.2, -0.15) is 0 Å². The molecule has 1 spiro atoms. The molecular weight excluding hydrogens is 945 g/mol. The van der Waals surface area contributed by atoms with Crippen molar-refractivity contribution in [1.82, 2.24) is 0 Å². The lowest BCUT2D eigenvalue weighted by Crippen LogP contribution is -2.29. The third-order valence-corrected chi connectivity index (χ3v) is 16.7. The van der Waals surface area contributed by atoms with Crippen LogP contribution in [0, 0.1) is 0 Å². The van der Waals surface area contributed by atoms with Crippen LogP contribution < -0.4 is 9.80 Å². The van der Waals surface area contributed by atoms with Gasteiger partial charge in [0.1, 0.15) is 0 Å². The van der Waals surface area contributed by atoms with Crippen LogP contribution in [0.3, 0.4) is 0 Å². The van der Waals surface area contributed by atoms with Crippen LogP contribution in [-0.4, -0.2) is 0 Å². The summed E-state index contributed by atoms with van der Waals surface area (Å²) in [5.41, 5.74) is 21.5. The molecule has 2 aliphatic rings. The second-order valence-electron chi connectivity index (χ2n) is 20.7. The van der Waals surface area contributed by atoms with Gasteiger partial charge in [-0.1, -0.05) is 243 Å². The summed E-state index contributed by atoms with van der Waals surface area (Å²) in [7, 11) is 0. The van der Waals surface area contributed by atoms with E-state index in [2.05, 4.69) is 301 Å². The summed E-state index contributed by atoms with van der Waals surface area (Å²) in [4.78, 5) is 4.86. The number of rotatable bonds is 8. The molecule has 0 saturated carbocycles. The quantitative estimate of drug-likeness (QED) is 0.151. The highest BCUT2D eigenvalue weighted by molar-refractivity contribution is 6.23. The Labute approximate surface area is 452 Å². The lowest BCUT2D eigenvalue weighted by molar-refractivity contribution is 0.667. The van der Waals surface area contributed by atoms with Crippen molar-refractivity contribution in [3.8, 4) is 44.5 Å². The van der Waals surface area contributed by atoms with Gasteiger partial charge in [-0.15, -0.1) is 0 Å². The average molecular weight is 993 g/mol. The van der Waals surface area contributed by atoms with E-state index >= 15 is 0 Å². The first-order valence-electron chi connectivity index (χ1n) is 26.9. The number of furan rings is 1. The topological polar surface area (TPSA) is 19.6 Å². The Hall–Kier alpha value is -10.2. The summed E-state index contributed by atoms with van der Waals surface area (Å²) in [6.45, 7) is 0. The first-order valence-corrected chi connectivity index (χ1v) is 26.9. The van der Waals surface area contributed by atoms with Crippen molar-refractivity contribution >= 4 is 77.6 Å². The van der Waals surface area contributed by atoms with Crippen molar-refractivity contribution in [3.05, 3.63) is 313 Å². The van der Waals surface area contributed by atoms with Crippen LogP contribution in [0.5, 0.6) is 0 Å². The van der Waals surface area contributed by atoms with Gasteiger partial charge in [0, 0.05) is 32.9 Å². The van der Waals surface area contributed by atoms with E-state index in [-0.39, 0.29) is 0 Å². The van der Waals surface area contributed by atoms with Gasteiger partial charge >= 0.3 is 0 Å². The minimum Gasteiger partial charge on any atom is -0.452 e. The van der Waals surface area contributed by atoms with E-state index < -0.39 is 5.41 Å². The standard InChI is InChI=1S/C75H48N2O/c1-3-19-49(20-4-1)51-37-41-55(42-38-51)76(67-35-17-25-53-23-7-9-27-57(53)67)69-47-45-62-61-31-13-16-34-65(61)75(63-32-14-11-29-59(63)60-30-12-15-33-64(60)75)66-46-48-70(74-72(66)71(62)73(69)78-74)77(68-36-18-26-54-24-8-10-28-58(54)68)56-43-39-52(40-44-56)50-21-5-2-6-22-50/h1-48H. The lowest BCUT2D eigenvalue weighted by atomic mass is 9.66. The van der Waals surface area contributed by atoms with Crippen molar-refractivity contribution in [3.63, 3.8) is 0 Å². The second-order valence-corrected chi connectivity index (χ2v) is 20.7. The van der Waals surface area contributed by atoms with Crippen LogP contribution in [0.15, 0.2) is 296 Å². The largest absolute Gasteiger partial charge is 0.452 e. The van der Waals surface area contributed by atoms with E-state index in [1.165, 1.54) is 60.8 Å². The molecule has 2 aliphatic carbocycles. The third-order valence-electron chi connectivity index (χ3n) is 16.7. The Morgan fingerprint density at radius 1 is 0.244 bits per heavy atom. The minimum absolute atomic E-state index is 0.694. The van der Waals surface area contributed by atoms with Crippen molar-refractivity contribution in [2.24, 2.45) is 0 Å². The van der Waals surface area contributed by atoms with Gasteiger partial charge in [0.05, 0.1) is 28.2 Å². The fourth-order valence-corrected chi connectivity index (χ4v) is 13.3. The molecule has 0 amide bonds. The number of anilines is 6. The van der Waals surface area contributed by atoms with Crippen LogP contribution in [0.1, 0.15) is 22.3 Å². The highest BCUT2D eigenvalue weighted by atomic mass is 16.3. The molecule has 13 aromatic carbocycles. The molecular formula is C75H48N2O. The molecule has 3 heteroatoms. The predicted molar refractivity (Wildman–Crippen MR) is 325 cm³/mol. The number of hydrogen-bond donors (Lipinski definition) is 0. The molecule has 0 fully saturated rings. The zero-order valence-electron chi connectivity index (χ0n) is 42.5. The number of hydrogen-bond acceptors (Lipinski definition) is 3. The Morgan fingerprint density at radius 2 is 0.628 bits per heavy atom. The first-order chi connectivity index (χ1) is 38.7. The van der Waals surface area contributed by atoms with Crippen LogP contribution in [0.2, 0.25) is 0 Å². The Morgan fingerprint density at radius 3 is 1.13 bits per heavy atom. The lowest BCUT2D eigenvalue weighted by Gasteiger charge is -2.35. The molecule has 0 N–H and O–H groups in total. The number of nitrogens with zero attached hydrogens (tertiary/aromatic N) is 2. The van der Waals surface area contributed by atoms with Gasteiger partial charge in [0.25, 0.3) is 0 Å². The Balaban J connectivity index is 1.05. The van der Waals surface area contributed by atoms with Gasteiger partial charge in [-0.3, -0.25) is 0 Å². The molecule has 78 heavy (non-hydrogen) atoms. The number of benzene rings is 13. The zero-order valence-corrected chi connectivity index (χ0v) is 42.5. The molecule has 3 nitrogen and oxygen atoms in total. The van der Waals surface area contributed by atoms with Crippen LogP contribution in [0.4, 0.5) is 34.1 Å². The second kappa shape index (κ2) is 17.4. The Bertz CT molecular complexity index is 4620. The van der Waals surface area contributed by atoms with Gasteiger partial charge < -0.3 is 14.2 Å². The maximum atomic E-state index is 8.04. The summed E-state index contributed by atoms with van der Waals surface area (Å²) < 4.78 is 8.04. The molecule has 0 aliphatic heterocycles. The fourth-order valence-electron chi connectivity index (χ4n) is 13.3. The van der Waals surface area contributed by atoms with Gasteiger partial charge in [0.2, 0.25) is 0 Å². The fraction of sp³-hybridized carbons (Fsp3) is 0.0133. The molecule has 14 aromatic rings. The zero-order chi connectivity index (χ0) is 51.3. The first kappa shape index (κ1) is 44.1. The maximum absolute atomic E-state index is 8.04. The molecule has 0 radical (unpaired) electrons. The summed E-state index contributed by atoms with van der Waals surface area (Å²) in [5.74, 6) is 0. The molecule has 0 bridgehead atoms. The summed E-state index contributed by atoms with van der Waals surface area (Å²) >= 11 is 0. The molecule has 1 aromatic heterocycles. The van der Waals surface area contributed by atoms with E-state index in [1.807, 2.05) is 0 Å². The van der Waals surface area contributed by atoms with Gasteiger partial charge in [0.15, 0.2) is 11.2 Å². The van der Waals surface area contributed by atoms with E-state index in [0.29, 0.717) is 0 Å². The van der Waals surface area contributed by atoms with Crippen LogP contribution >= 0.6 is 0 Å². The third kappa shape index (κ3) is 6.46. The van der Waals surface area contributed by atoms with Crippen molar-refractivity contribution in [1.29, 1.82) is 0 Å². The van der Waals surface area contributed by atoms with Crippen molar-refractivity contribution in [2.45, 2.75) is 5.41 Å². The van der Waals surface area contributed by atoms with E-state index in [1.54, 1.807) is 0 Å². The molecule has 0 unspecified atom stereocenters. The van der Waals surface area contributed by atoms with Gasteiger partial charge in [-0.05, 0) is 126 Å². The highest BCUT2D eigenvalue weighted by Crippen LogP contribution is 2.63. The van der Waals surface area contributed by atoms with E-state index in [0.717, 1.165) is 83.5 Å². The summed E-state index contributed by atoms with van der Waals surface area (Å²) in [6, 6.07) is 107. The SMILES string of the molecule is c1ccc(-c2ccc(N(c3cccc4ccccc34)c3ccc4c5c3oc3c(N(c6ccc(-c7ccccc7)cc6)c6cccc7ccccc67)ccc(c35)C3(c5ccccc5-c5ccccc53)c3ccccc3-4)cc2)cc1. The van der Waals surface area contributed by atoms with Crippen LogP contribution in [0.25, 0.3) is 88.0 Å². The van der Waals surface area contributed by atoms with Gasteiger partial charge in [-0.25, -0.2) is 0 Å². The van der Waals surface area contributed by atoms with E-state index in [9.17, 15) is 0 Å². The maximum Gasteiger partial charge on any atom is 0.160 e. The summed E-state index contributed by atoms with van der Waals surface area (Å²) in [5, 5.41) is 6.82. The molecule has 0 atom stereocenters. The molecule has 16 rings (SSSR count). The molecule has 364 valence electrons. The summed E-state index contributed by atoms with van der Waals surface area (Å²) in [6.07, 6.45) is 0. The average Bonchev–Trinajstić information content (AvgIpc) is 4.14. The Kier molecular flexibility index (Phi) is 9.85. The molecule has 1 heterocycles. The molecule has 0 saturated heterocycles. The van der Waals surface area contributed by atoms with Crippen LogP contribution in [-0.2, 0) is 5.41 Å². The smallest absolute Gasteiger partial charge is 0.160 e. The van der Waals surface area contributed by atoms with E-state index in [4.69, 9.17) is 4.42 Å². The van der Waals surface area contributed by atoms with Crippen molar-refractivity contribution in [2.75, 3.05) is 9.80 Å². The highest BCUT2D eigenvalue weighted by Gasteiger charge is 2.50.